The number of halogens is 1. The third-order valence-electron chi connectivity index (χ3n) is 5.70. The molecule has 1 amide bonds. The Bertz CT molecular complexity index is 1710. The molecule has 0 aliphatic carbocycles. The van der Waals surface area contributed by atoms with Crippen molar-refractivity contribution in [1.82, 2.24) is 0 Å². The van der Waals surface area contributed by atoms with E-state index in [1.54, 1.807) is 30.3 Å². The Kier molecular flexibility index (Phi) is 7.77. The molecule has 0 saturated carbocycles. The minimum atomic E-state index is -3.83. The van der Waals surface area contributed by atoms with Gasteiger partial charge in [0.2, 0.25) is 0 Å². The Morgan fingerprint density at radius 1 is 0.632 bits per heavy atom. The van der Waals surface area contributed by atoms with Crippen molar-refractivity contribution in [3.05, 3.63) is 113 Å². The summed E-state index contributed by atoms with van der Waals surface area (Å²) < 4.78 is 55.5. The van der Waals surface area contributed by atoms with E-state index >= 15 is 0 Å². The molecule has 0 unspecified atom stereocenters. The fraction of sp³-hybridized carbons (Fsp3) is 0.0741. The number of amides is 1. The van der Waals surface area contributed by atoms with Gasteiger partial charge in [-0.2, -0.15) is 0 Å². The summed E-state index contributed by atoms with van der Waals surface area (Å²) in [5.74, 6) is -0.545. The summed E-state index contributed by atoms with van der Waals surface area (Å²) in [5, 5.41) is 2.69. The first-order valence-electron chi connectivity index (χ1n) is 11.3. The standard InChI is InChI=1S/C27H24ClN3O5S2/c1-18-8-9-21(16-19(18)2)30-38(35,36)24-13-10-20(11-14-24)29-27(32)25-15-12-22(17-26(25)28)31-37(33,34)23-6-4-3-5-7-23/h3-17,30-31H,1-2H3,(H,29,32). The van der Waals surface area contributed by atoms with Crippen molar-refractivity contribution in [3.8, 4) is 0 Å². The van der Waals surface area contributed by atoms with E-state index in [1.165, 1.54) is 54.6 Å². The van der Waals surface area contributed by atoms with Crippen molar-refractivity contribution in [1.29, 1.82) is 0 Å². The summed E-state index contributed by atoms with van der Waals surface area (Å²) in [6, 6.07) is 23.0. The summed E-state index contributed by atoms with van der Waals surface area (Å²) in [4.78, 5) is 12.9. The lowest BCUT2D eigenvalue weighted by Crippen LogP contribution is -2.15. The van der Waals surface area contributed by atoms with Gasteiger partial charge in [0.15, 0.2) is 0 Å². The fourth-order valence-electron chi connectivity index (χ4n) is 3.51. The molecular formula is C27H24ClN3O5S2. The van der Waals surface area contributed by atoms with Crippen LogP contribution >= 0.6 is 11.6 Å². The molecule has 0 aromatic heterocycles. The predicted octanol–water partition coefficient (Wildman–Crippen LogP) is 5.81. The van der Waals surface area contributed by atoms with Crippen LogP contribution in [-0.4, -0.2) is 22.7 Å². The molecule has 0 radical (unpaired) electrons. The summed E-state index contributed by atoms with van der Waals surface area (Å²) in [5.41, 5.74) is 3.13. The quantitative estimate of drug-likeness (QED) is 0.247. The van der Waals surface area contributed by atoms with Crippen LogP contribution in [-0.2, 0) is 20.0 Å². The molecule has 0 fully saturated rings. The first kappa shape index (κ1) is 27.2. The zero-order valence-corrected chi connectivity index (χ0v) is 22.8. The molecule has 4 aromatic rings. The lowest BCUT2D eigenvalue weighted by atomic mass is 10.1. The van der Waals surface area contributed by atoms with Crippen LogP contribution in [0.15, 0.2) is 101 Å². The summed E-state index contributed by atoms with van der Waals surface area (Å²) in [6.45, 7) is 3.84. The van der Waals surface area contributed by atoms with Crippen molar-refractivity contribution < 1.29 is 21.6 Å². The molecule has 0 aliphatic heterocycles. The third-order valence-corrected chi connectivity index (χ3v) is 8.81. The zero-order chi connectivity index (χ0) is 27.5. The van der Waals surface area contributed by atoms with Gasteiger partial charge in [-0.25, -0.2) is 16.8 Å². The maximum atomic E-state index is 12.8. The number of rotatable bonds is 8. The number of anilines is 3. The number of hydrogen-bond acceptors (Lipinski definition) is 5. The molecule has 0 bridgehead atoms. The van der Waals surface area contributed by atoms with Crippen molar-refractivity contribution in [2.75, 3.05) is 14.8 Å². The smallest absolute Gasteiger partial charge is 0.261 e. The molecule has 0 heterocycles. The normalized spacial score (nSPS) is 11.6. The van der Waals surface area contributed by atoms with Crippen LogP contribution in [0.25, 0.3) is 0 Å². The highest BCUT2D eigenvalue weighted by atomic mass is 35.5. The van der Waals surface area contributed by atoms with Gasteiger partial charge in [-0.15, -0.1) is 0 Å². The lowest BCUT2D eigenvalue weighted by Gasteiger charge is -2.12. The minimum absolute atomic E-state index is 0.0295. The second-order valence-electron chi connectivity index (χ2n) is 8.50. The average Bonchev–Trinajstić information content (AvgIpc) is 2.87. The van der Waals surface area contributed by atoms with E-state index in [0.717, 1.165) is 11.1 Å². The molecule has 8 nitrogen and oxygen atoms in total. The summed E-state index contributed by atoms with van der Waals surface area (Å²) >= 11 is 6.27. The average molecular weight is 570 g/mol. The Labute approximate surface area is 226 Å². The first-order chi connectivity index (χ1) is 17.9. The van der Waals surface area contributed by atoms with E-state index < -0.39 is 26.0 Å². The SMILES string of the molecule is Cc1ccc(NS(=O)(=O)c2ccc(NC(=O)c3ccc(NS(=O)(=O)c4ccccc4)cc3Cl)cc2)cc1C. The first-order valence-corrected chi connectivity index (χ1v) is 14.7. The van der Waals surface area contributed by atoms with E-state index in [2.05, 4.69) is 14.8 Å². The van der Waals surface area contributed by atoms with Gasteiger partial charge < -0.3 is 5.32 Å². The molecule has 0 spiro atoms. The molecule has 4 aromatic carbocycles. The maximum Gasteiger partial charge on any atom is 0.261 e. The van der Waals surface area contributed by atoms with Crippen LogP contribution in [0.5, 0.6) is 0 Å². The number of benzene rings is 4. The molecule has 38 heavy (non-hydrogen) atoms. The van der Waals surface area contributed by atoms with E-state index in [1.807, 2.05) is 19.9 Å². The number of aryl methyl sites for hydroxylation is 2. The Morgan fingerprint density at radius 2 is 1.16 bits per heavy atom. The highest BCUT2D eigenvalue weighted by molar-refractivity contribution is 7.93. The van der Waals surface area contributed by atoms with Crippen LogP contribution < -0.4 is 14.8 Å². The van der Waals surface area contributed by atoms with E-state index in [0.29, 0.717) is 11.4 Å². The Balaban J connectivity index is 1.44. The van der Waals surface area contributed by atoms with E-state index in [9.17, 15) is 21.6 Å². The van der Waals surface area contributed by atoms with Gasteiger partial charge in [0.25, 0.3) is 26.0 Å². The van der Waals surface area contributed by atoms with Gasteiger partial charge in [-0.1, -0.05) is 35.9 Å². The molecule has 0 saturated heterocycles. The number of carbonyl (C=O) groups is 1. The molecule has 3 N–H and O–H groups in total. The van der Waals surface area contributed by atoms with Crippen LogP contribution in [0, 0.1) is 13.8 Å². The van der Waals surface area contributed by atoms with Crippen molar-refractivity contribution in [2.24, 2.45) is 0 Å². The molecule has 11 heteroatoms. The van der Waals surface area contributed by atoms with Crippen LogP contribution in [0.2, 0.25) is 5.02 Å². The Hall–Kier alpha value is -3.86. The number of hydrogen-bond donors (Lipinski definition) is 3. The maximum absolute atomic E-state index is 12.8. The van der Waals surface area contributed by atoms with Crippen molar-refractivity contribution in [3.63, 3.8) is 0 Å². The van der Waals surface area contributed by atoms with Gasteiger partial charge in [-0.05, 0) is 91.7 Å². The number of nitrogens with one attached hydrogen (secondary N) is 3. The molecule has 4 rings (SSSR count). The van der Waals surface area contributed by atoms with E-state index in [4.69, 9.17) is 11.6 Å². The largest absolute Gasteiger partial charge is 0.322 e. The second-order valence-corrected chi connectivity index (χ2v) is 12.3. The number of carbonyl (C=O) groups excluding carboxylic acids is 1. The lowest BCUT2D eigenvalue weighted by molar-refractivity contribution is 0.102. The minimum Gasteiger partial charge on any atom is -0.322 e. The van der Waals surface area contributed by atoms with E-state index in [-0.39, 0.29) is 26.1 Å². The van der Waals surface area contributed by atoms with Gasteiger partial charge in [0, 0.05) is 11.4 Å². The van der Waals surface area contributed by atoms with Crippen molar-refractivity contribution in [2.45, 2.75) is 23.6 Å². The predicted molar refractivity (Wildman–Crippen MR) is 150 cm³/mol. The third kappa shape index (κ3) is 6.34. The topological polar surface area (TPSA) is 121 Å². The molecular weight excluding hydrogens is 546 g/mol. The zero-order valence-electron chi connectivity index (χ0n) is 20.4. The van der Waals surface area contributed by atoms with Gasteiger partial charge >= 0.3 is 0 Å². The monoisotopic (exact) mass is 569 g/mol. The number of sulfonamides is 2. The van der Waals surface area contributed by atoms with Crippen molar-refractivity contribution >= 4 is 54.6 Å². The highest BCUT2D eigenvalue weighted by Gasteiger charge is 2.18. The Morgan fingerprint density at radius 3 is 1.74 bits per heavy atom. The second kappa shape index (κ2) is 10.9. The molecule has 196 valence electrons. The van der Waals surface area contributed by atoms with Crippen LogP contribution in [0.1, 0.15) is 21.5 Å². The van der Waals surface area contributed by atoms with Crippen LogP contribution in [0.3, 0.4) is 0 Å². The molecule has 0 atom stereocenters. The highest BCUT2D eigenvalue weighted by Crippen LogP contribution is 2.25. The van der Waals surface area contributed by atoms with Gasteiger partial charge in [0.05, 0.1) is 26.1 Å². The van der Waals surface area contributed by atoms with Gasteiger partial charge in [-0.3, -0.25) is 14.2 Å². The summed E-state index contributed by atoms with van der Waals surface area (Å²) in [6.07, 6.45) is 0. The fourth-order valence-corrected chi connectivity index (χ4v) is 5.90. The molecule has 0 aliphatic rings. The summed E-state index contributed by atoms with van der Waals surface area (Å²) in [7, 11) is -7.64. The van der Waals surface area contributed by atoms with Crippen LogP contribution in [0.4, 0.5) is 17.1 Å². The van der Waals surface area contributed by atoms with Gasteiger partial charge in [0.1, 0.15) is 0 Å².